The lowest BCUT2D eigenvalue weighted by molar-refractivity contribution is -0.232. The third-order valence-corrected chi connectivity index (χ3v) is 2.74. The Labute approximate surface area is 123 Å². The topological polar surface area (TPSA) is 109 Å². The molecule has 0 spiro atoms. The Kier molecular flexibility index (Phi) is 4.64. The van der Waals surface area contributed by atoms with Crippen LogP contribution in [0.15, 0.2) is 36.5 Å². The Morgan fingerprint density at radius 1 is 1.27 bits per heavy atom. The maximum atomic E-state index is 13.2. The minimum atomic E-state index is -1.07. The summed E-state index contributed by atoms with van der Waals surface area (Å²) >= 11 is 0. The van der Waals surface area contributed by atoms with Crippen LogP contribution in [0.1, 0.15) is 10.5 Å². The van der Waals surface area contributed by atoms with Crippen LogP contribution in [0.25, 0.3) is 11.1 Å². The molecule has 0 saturated heterocycles. The Balaban J connectivity index is 2.19. The van der Waals surface area contributed by atoms with E-state index in [1.54, 1.807) is 6.07 Å². The maximum absolute atomic E-state index is 13.2. The molecule has 2 rings (SSSR count). The zero-order chi connectivity index (χ0) is 16.1. The fourth-order valence-electron chi connectivity index (χ4n) is 1.72. The number of aromatic nitrogens is 1. The van der Waals surface area contributed by atoms with Crippen LogP contribution in [0.3, 0.4) is 0 Å². The number of carbonyl (C=O) groups is 2. The van der Waals surface area contributed by atoms with E-state index in [1.165, 1.54) is 30.5 Å². The van der Waals surface area contributed by atoms with Gasteiger partial charge in [0.2, 0.25) is 0 Å². The molecule has 0 atom stereocenters. The van der Waals surface area contributed by atoms with Gasteiger partial charge < -0.3 is 10.4 Å². The van der Waals surface area contributed by atoms with Crippen molar-refractivity contribution in [3.63, 3.8) is 0 Å². The number of rotatable bonds is 4. The number of halogens is 1. The Morgan fingerprint density at radius 2 is 2.05 bits per heavy atom. The molecule has 1 amide bonds. The van der Waals surface area contributed by atoms with Crippen LogP contribution in [0, 0.1) is 5.82 Å². The largest absolute Gasteiger partial charge is 0.505 e. The Hall–Kier alpha value is -3.00. The number of pyridine rings is 1. The molecule has 0 bridgehead atoms. The third kappa shape index (κ3) is 3.55. The van der Waals surface area contributed by atoms with Crippen molar-refractivity contribution in [2.75, 3.05) is 6.54 Å². The molecule has 1 heterocycles. The highest BCUT2D eigenvalue weighted by Gasteiger charge is 2.15. The van der Waals surface area contributed by atoms with Crippen molar-refractivity contribution in [3.8, 4) is 16.9 Å². The lowest BCUT2D eigenvalue weighted by atomic mass is 10.1. The first-order valence-corrected chi connectivity index (χ1v) is 6.08. The Morgan fingerprint density at radius 3 is 2.68 bits per heavy atom. The molecule has 8 heteroatoms. The molecule has 1 aromatic heterocycles. The normalized spacial score (nSPS) is 10.1. The molecule has 3 N–H and O–H groups in total. The van der Waals surface area contributed by atoms with Gasteiger partial charge in [-0.15, -0.1) is 0 Å². The van der Waals surface area contributed by atoms with Crippen LogP contribution in [-0.2, 0) is 9.68 Å². The molecule has 0 saturated carbocycles. The van der Waals surface area contributed by atoms with Crippen molar-refractivity contribution in [2.45, 2.75) is 0 Å². The number of amides is 1. The van der Waals surface area contributed by atoms with E-state index in [9.17, 15) is 19.1 Å². The fourth-order valence-corrected chi connectivity index (χ4v) is 1.72. The predicted molar refractivity (Wildman–Crippen MR) is 72.3 cm³/mol. The highest BCUT2D eigenvalue weighted by atomic mass is 19.1. The molecule has 0 aliphatic heterocycles. The maximum Gasteiger partial charge on any atom is 0.360 e. The Bertz CT molecular complexity index is 720. The van der Waals surface area contributed by atoms with E-state index in [0.717, 1.165) is 0 Å². The van der Waals surface area contributed by atoms with Crippen LogP contribution in [0.5, 0.6) is 5.75 Å². The second-order valence-corrected chi connectivity index (χ2v) is 4.25. The van der Waals surface area contributed by atoms with Crippen LogP contribution in [0.4, 0.5) is 4.39 Å². The summed E-state index contributed by atoms with van der Waals surface area (Å²) in [7, 11) is 0. The molecular formula is C14H11FN2O5. The molecule has 0 aliphatic carbocycles. The molecule has 1 aromatic carbocycles. The smallest absolute Gasteiger partial charge is 0.360 e. The van der Waals surface area contributed by atoms with Crippen molar-refractivity contribution in [2.24, 2.45) is 0 Å². The summed E-state index contributed by atoms with van der Waals surface area (Å²) in [6.07, 6.45) is 1.29. The van der Waals surface area contributed by atoms with E-state index in [0.29, 0.717) is 11.1 Å². The van der Waals surface area contributed by atoms with Crippen molar-refractivity contribution in [1.29, 1.82) is 0 Å². The third-order valence-electron chi connectivity index (χ3n) is 2.74. The van der Waals surface area contributed by atoms with Crippen molar-refractivity contribution < 1.29 is 29.2 Å². The second kappa shape index (κ2) is 6.64. The highest BCUT2D eigenvalue weighted by molar-refractivity contribution is 5.96. The van der Waals surface area contributed by atoms with Crippen molar-refractivity contribution in [3.05, 3.63) is 48.0 Å². The standard InChI is InChI=1S/C14H11FN2O5/c15-10-3-1-2-8(4-10)9-5-11(18)13(16-6-9)14(20)17-7-12(19)22-21/h1-6,18,21H,7H2,(H,17,20). The van der Waals surface area contributed by atoms with Gasteiger partial charge in [-0.1, -0.05) is 12.1 Å². The van der Waals surface area contributed by atoms with Gasteiger partial charge in [-0.25, -0.2) is 14.2 Å². The number of benzene rings is 1. The summed E-state index contributed by atoms with van der Waals surface area (Å²) in [5.41, 5.74) is 0.591. The lowest BCUT2D eigenvalue weighted by Crippen LogP contribution is -2.30. The minimum Gasteiger partial charge on any atom is -0.505 e. The van der Waals surface area contributed by atoms with Gasteiger partial charge in [0, 0.05) is 11.8 Å². The van der Waals surface area contributed by atoms with Crippen molar-refractivity contribution >= 4 is 11.9 Å². The number of nitrogens with zero attached hydrogens (tertiary/aromatic N) is 1. The van der Waals surface area contributed by atoms with Gasteiger partial charge >= 0.3 is 5.97 Å². The fraction of sp³-hybridized carbons (Fsp3) is 0.0714. The second-order valence-electron chi connectivity index (χ2n) is 4.25. The zero-order valence-electron chi connectivity index (χ0n) is 11.1. The lowest BCUT2D eigenvalue weighted by Gasteiger charge is -2.07. The average Bonchev–Trinajstić information content (AvgIpc) is 2.52. The molecule has 7 nitrogen and oxygen atoms in total. The molecule has 0 unspecified atom stereocenters. The first-order chi connectivity index (χ1) is 10.5. The van der Waals surface area contributed by atoms with E-state index in [2.05, 4.69) is 15.2 Å². The summed E-state index contributed by atoms with van der Waals surface area (Å²) in [5.74, 6) is -2.77. The van der Waals surface area contributed by atoms with E-state index < -0.39 is 30.0 Å². The van der Waals surface area contributed by atoms with Gasteiger partial charge in [0.1, 0.15) is 18.1 Å². The molecule has 22 heavy (non-hydrogen) atoms. The van der Waals surface area contributed by atoms with Crippen LogP contribution in [-0.4, -0.2) is 33.8 Å². The molecule has 0 radical (unpaired) electrons. The molecule has 2 aromatic rings. The van der Waals surface area contributed by atoms with E-state index >= 15 is 0 Å². The molecule has 0 fully saturated rings. The van der Waals surface area contributed by atoms with E-state index in [1.807, 2.05) is 0 Å². The van der Waals surface area contributed by atoms with E-state index in [-0.39, 0.29) is 5.69 Å². The van der Waals surface area contributed by atoms with Gasteiger partial charge in [-0.2, -0.15) is 5.26 Å². The molecular weight excluding hydrogens is 295 g/mol. The summed E-state index contributed by atoms with van der Waals surface area (Å²) in [5, 5.41) is 20.0. The van der Waals surface area contributed by atoms with Gasteiger partial charge in [0.05, 0.1) is 0 Å². The number of aromatic hydroxyl groups is 1. The van der Waals surface area contributed by atoms with Crippen molar-refractivity contribution in [1.82, 2.24) is 10.3 Å². The molecule has 114 valence electrons. The monoisotopic (exact) mass is 306 g/mol. The van der Waals surface area contributed by atoms with Crippen LogP contribution < -0.4 is 5.32 Å². The van der Waals surface area contributed by atoms with Gasteiger partial charge in [-0.05, 0) is 23.8 Å². The first-order valence-electron chi connectivity index (χ1n) is 6.08. The summed E-state index contributed by atoms with van der Waals surface area (Å²) in [6.45, 7) is -0.581. The van der Waals surface area contributed by atoms with E-state index in [4.69, 9.17) is 5.26 Å². The quantitative estimate of drug-likeness (QED) is 0.581. The van der Waals surface area contributed by atoms with Gasteiger partial charge in [0.15, 0.2) is 5.69 Å². The zero-order valence-corrected chi connectivity index (χ0v) is 11.1. The highest BCUT2D eigenvalue weighted by Crippen LogP contribution is 2.25. The predicted octanol–water partition coefficient (Wildman–Crippen LogP) is 1.34. The number of nitrogens with one attached hydrogen (secondary N) is 1. The number of hydrogen-bond acceptors (Lipinski definition) is 6. The molecule has 0 aliphatic rings. The SMILES string of the molecule is O=C(CNC(=O)c1ncc(-c2cccc(F)c2)cc1O)OO. The van der Waals surface area contributed by atoms with Crippen LogP contribution >= 0.6 is 0 Å². The van der Waals surface area contributed by atoms with Gasteiger partial charge in [0.25, 0.3) is 5.91 Å². The minimum absolute atomic E-state index is 0.314. The van der Waals surface area contributed by atoms with Gasteiger partial charge in [-0.3, -0.25) is 9.68 Å². The summed E-state index contributed by atoms with van der Waals surface area (Å²) in [6, 6.07) is 6.91. The summed E-state index contributed by atoms with van der Waals surface area (Å²) < 4.78 is 13.2. The number of carbonyl (C=O) groups excluding carboxylic acids is 2. The summed E-state index contributed by atoms with van der Waals surface area (Å²) in [4.78, 5) is 29.6. The first kappa shape index (κ1) is 15.4. The number of hydrogen-bond donors (Lipinski definition) is 3. The average molecular weight is 306 g/mol. The van der Waals surface area contributed by atoms with Crippen LogP contribution in [0.2, 0.25) is 0 Å².